The average Bonchev–Trinajstić information content (AvgIpc) is 2.80. The predicted octanol–water partition coefficient (Wildman–Crippen LogP) is 3.27. The van der Waals surface area contributed by atoms with Gasteiger partial charge in [-0.2, -0.15) is 13.2 Å². The van der Waals surface area contributed by atoms with E-state index in [1.807, 2.05) is 6.92 Å². The molecule has 2 rings (SSSR count). The van der Waals surface area contributed by atoms with Crippen molar-refractivity contribution in [1.29, 1.82) is 0 Å². The third-order valence-corrected chi connectivity index (χ3v) is 2.50. The van der Waals surface area contributed by atoms with Crippen molar-refractivity contribution in [1.82, 2.24) is 9.97 Å². The number of halogens is 3. The van der Waals surface area contributed by atoms with Crippen LogP contribution in [-0.4, -0.2) is 22.8 Å². The number of H-pyrrole nitrogens is 1. The first-order valence-corrected chi connectivity index (χ1v) is 5.96. The van der Waals surface area contributed by atoms with Crippen molar-refractivity contribution in [3.05, 3.63) is 42.0 Å². The van der Waals surface area contributed by atoms with Crippen LogP contribution in [-0.2, 0) is 6.54 Å². The Labute approximate surface area is 114 Å². The van der Waals surface area contributed by atoms with Gasteiger partial charge in [0.25, 0.3) is 0 Å². The van der Waals surface area contributed by atoms with Crippen molar-refractivity contribution >= 4 is 5.69 Å². The Morgan fingerprint density at radius 1 is 1.25 bits per heavy atom. The van der Waals surface area contributed by atoms with Gasteiger partial charge in [0.2, 0.25) is 0 Å². The van der Waals surface area contributed by atoms with Crippen molar-refractivity contribution in [3.8, 4) is 5.75 Å². The molecule has 0 aliphatic rings. The van der Waals surface area contributed by atoms with Gasteiger partial charge in [-0.1, -0.05) is 0 Å². The minimum atomic E-state index is -4.32. The number of aryl methyl sites for hydroxylation is 1. The van der Waals surface area contributed by atoms with Crippen LogP contribution in [0.1, 0.15) is 11.5 Å². The minimum Gasteiger partial charge on any atom is -0.484 e. The van der Waals surface area contributed by atoms with Crippen LogP contribution in [0.15, 0.2) is 30.5 Å². The van der Waals surface area contributed by atoms with E-state index in [4.69, 9.17) is 0 Å². The first-order valence-electron chi connectivity index (χ1n) is 5.96. The first kappa shape index (κ1) is 14.2. The zero-order valence-electron chi connectivity index (χ0n) is 10.8. The number of nitrogens with one attached hydrogen (secondary N) is 2. The highest BCUT2D eigenvalue weighted by Gasteiger charge is 2.28. The predicted molar refractivity (Wildman–Crippen MR) is 68.6 cm³/mol. The molecule has 0 aliphatic carbocycles. The second kappa shape index (κ2) is 5.85. The van der Waals surface area contributed by atoms with Crippen molar-refractivity contribution in [3.63, 3.8) is 0 Å². The molecule has 0 unspecified atom stereocenters. The van der Waals surface area contributed by atoms with Gasteiger partial charge in [0, 0.05) is 5.69 Å². The van der Waals surface area contributed by atoms with Gasteiger partial charge in [0.1, 0.15) is 11.6 Å². The lowest BCUT2D eigenvalue weighted by molar-refractivity contribution is -0.153. The van der Waals surface area contributed by atoms with E-state index in [9.17, 15) is 13.2 Å². The molecule has 0 radical (unpaired) electrons. The molecule has 7 heteroatoms. The molecule has 2 N–H and O–H groups in total. The zero-order chi connectivity index (χ0) is 14.6. The molecule has 20 heavy (non-hydrogen) atoms. The number of hydrogen-bond donors (Lipinski definition) is 2. The number of imidazole rings is 1. The van der Waals surface area contributed by atoms with E-state index >= 15 is 0 Å². The van der Waals surface area contributed by atoms with E-state index in [1.165, 1.54) is 12.1 Å². The van der Waals surface area contributed by atoms with E-state index in [0.717, 1.165) is 17.2 Å². The molecule has 0 spiro atoms. The second-order valence-corrected chi connectivity index (χ2v) is 4.28. The quantitative estimate of drug-likeness (QED) is 0.886. The molecule has 1 aromatic heterocycles. The van der Waals surface area contributed by atoms with Crippen molar-refractivity contribution < 1.29 is 17.9 Å². The van der Waals surface area contributed by atoms with E-state index in [0.29, 0.717) is 6.54 Å². The fraction of sp³-hybridized carbons (Fsp3) is 0.308. The number of aromatic nitrogens is 2. The van der Waals surface area contributed by atoms with Crippen LogP contribution in [0.4, 0.5) is 18.9 Å². The van der Waals surface area contributed by atoms with E-state index in [2.05, 4.69) is 20.0 Å². The Bertz CT molecular complexity index is 549. The molecule has 108 valence electrons. The molecular weight excluding hydrogens is 271 g/mol. The fourth-order valence-corrected chi connectivity index (χ4v) is 1.59. The molecule has 0 fully saturated rings. The van der Waals surface area contributed by atoms with E-state index in [1.54, 1.807) is 18.3 Å². The van der Waals surface area contributed by atoms with Gasteiger partial charge in [0.15, 0.2) is 6.61 Å². The maximum atomic E-state index is 12.0. The van der Waals surface area contributed by atoms with Crippen molar-refractivity contribution in [2.75, 3.05) is 11.9 Å². The van der Waals surface area contributed by atoms with Gasteiger partial charge in [-0.25, -0.2) is 4.98 Å². The van der Waals surface area contributed by atoms with Gasteiger partial charge in [-0.05, 0) is 31.2 Å². The van der Waals surface area contributed by atoms with Crippen LogP contribution in [0.25, 0.3) is 0 Å². The number of alkyl halides is 3. The highest BCUT2D eigenvalue weighted by Crippen LogP contribution is 2.20. The van der Waals surface area contributed by atoms with Crippen molar-refractivity contribution in [2.24, 2.45) is 0 Å². The van der Waals surface area contributed by atoms with Crippen LogP contribution in [0.5, 0.6) is 5.75 Å². The molecular formula is C13H14F3N3O. The molecule has 0 saturated carbocycles. The number of hydrogen-bond acceptors (Lipinski definition) is 3. The van der Waals surface area contributed by atoms with Gasteiger partial charge >= 0.3 is 6.18 Å². The number of benzene rings is 1. The fourth-order valence-electron chi connectivity index (χ4n) is 1.59. The maximum absolute atomic E-state index is 12.0. The van der Waals surface area contributed by atoms with E-state index in [-0.39, 0.29) is 5.75 Å². The Hall–Kier alpha value is -2.18. The Kier molecular flexibility index (Phi) is 4.16. The smallest absolute Gasteiger partial charge is 0.422 e. The molecule has 0 saturated heterocycles. The standard InChI is InChI=1S/C13H14F3N3O/c1-9-17-6-11(19-9)7-18-10-2-4-12(5-3-10)20-8-13(14,15)16/h2-6,18H,7-8H2,1H3,(H,17,19). The highest BCUT2D eigenvalue weighted by atomic mass is 19.4. The third kappa shape index (κ3) is 4.49. The Morgan fingerprint density at radius 3 is 2.50 bits per heavy atom. The minimum absolute atomic E-state index is 0.185. The summed E-state index contributed by atoms with van der Waals surface area (Å²) in [6.07, 6.45) is -2.60. The third-order valence-electron chi connectivity index (χ3n) is 2.50. The largest absolute Gasteiger partial charge is 0.484 e. The summed E-state index contributed by atoms with van der Waals surface area (Å²) in [6, 6.07) is 6.31. The van der Waals surface area contributed by atoms with Crippen LogP contribution in [0.2, 0.25) is 0 Å². The molecule has 2 aromatic rings. The summed E-state index contributed by atoms with van der Waals surface area (Å²) in [5, 5.41) is 3.12. The molecule has 1 aromatic carbocycles. The number of anilines is 1. The Morgan fingerprint density at radius 2 is 1.95 bits per heavy atom. The summed E-state index contributed by atoms with van der Waals surface area (Å²) in [4.78, 5) is 7.14. The monoisotopic (exact) mass is 285 g/mol. The number of aromatic amines is 1. The summed E-state index contributed by atoms with van der Waals surface area (Å²) in [6.45, 7) is 1.13. The summed E-state index contributed by atoms with van der Waals surface area (Å²) in [5.41, 5.74) is 1.72. The molecule has 0 aliphatic heterocycles. The Balaban J connectivity index is 1.85. The average molecular weight is 285 g/mol. The number of ether oxygens (including phenoxy) is 1. The van der Waals surface area contributed by atoms with E-state index < -0.39 is 12.8 Å². The summed E-state index contributed by atoms with van der Waals surface area (Å²) in [5.74, 6) is 1.02. The molecule has 0 amide bonds. The van der Waals surface area contributed by atoms with Crippen molar-refractivity contribution in [2.45, 2.75) is 19.6 Å². The number of rotatable bonds is 5. The topological polar surface area (TPSA) is 49.9 Å². The molecule has 0 bridgehead atoms. The molecule has 0 atom stereocenters. The zero-order valence-corrected chi connectivity index (χ0v) is 10.8. The van der Waals surface area contributed by atoms with Gasteiger partial charge < -0.3 is 15.0 Å². The first-order chi connectivity index (χ1) is 9.42. The molecule has 4 nitrogen and oxygen atoms in total. The van der Waals surface area contributed by atoms with Crippen LogP contribution < -0.4 is 10.1 Å². The maximum Gasteiger partial charge on any atom is 0.422 e. The number of nitrogens with zero attached hydrogens (tertiary/aromatic N) is 1. The van der Waals surface area contributed by atoms with Gasteiger partial charge in [-0.3, -0.25) is 0 Å². The van der Waals surface area contributed by atoms with Crippen LogP contribution in [0.3, 0.4) is 0 Å². The lowest BCUT2D eigenvalue weighted by atomic mass is 10.3. The van der Waals surface area contributed by atoms with Gasteiger partial charge in [0.05, 0.1) is 18.4 Å². The highest BCUT2D eigenvalue weighted by molar-refractivity contribution is 5.46. The summed E-state index contributed by atoms with van der Waals surface area (Å²) >= 11 is 0. The SMILES string of the molecule is Cc1ncc(CNc2ccc(OCC(F)(F)F)cc2)[nH]1. The van der Waals surface area contributed by atoms with Gasteiger partial charge in [-0.15, -0.1) is 0 Å². The lowest BCUT2D eigenvalue weighted by Gasteiger charge is -2.10. The normalized spacial score (nSPS) is 11.4. The second-order valence-electron chi connectivity index (χ2n) is 4.28. The van der Waals surface area contributed by atoms with Crippen LogP contribution in [0, 0.1) is 6.92 Å². The summed E-state index contributed by atoms with van der Waals surface area (Å²) < 4.78 is 40.6. The van der Waals surface area contributed by atoms with Crippen LogP contribution >= 0.6 is 0 Å². The lowest BCUT2D eigenvalue weighted by Crippen LogP contribution is -2.19. The molecule has 1 heterocycles. The summed E-state index contributed by atoms with van der Waals surface area (Å²) in [7, 11) is 0.